The monoisotopic (exact) mass is 582 g/mol. The summed E-state index contributed by atoms with van der Waals surface area (Å²) in [4.78, 5) is 30.7. The number of carbonyl (C=O) groups is 1. The number of carboxylic acids is 1. The molecule has 0 radical (unpaired) electrons. The van der Waals surface area contributed by atoms with Gasteiger partial charge < -0.3 is 9.52 Å². The van der Waals surface area contributed by atoms with Gasteiger partial charge >= 0.3 is 5.97 Å². The predicted octanol–water partition coefficient (Wildman–Crippen LogP) is 6.07. The number of hydrogen-bond donors (Lipinski definition) is 1. The van der Waals surface area contributed by atoms with Gasteiger partial charge in [0.05, 0.1) is 26.9 Å². The van der Waals surface area contributed by atoms with Gasteiger partial charge in [0.15, 0.2) is 4.80 Å². The summed E-state index contributed by atoms with van der Waals surface area (Å²) in [7, 11) is 0. The first-order valence-electron chi connectivity index (χ1n) is 12.9. The Morgan fingerprint density at radius 1 is 1.07 bits per heavy atom. The zero-order valence-electron chi connectivity index (χ0n) is 21.3. The number of benzene rings is 3. The molecule has 0 saturated carbocycles. The van der Waals surface area contributed by atoms with Crippen molar-refractivity contribution in [2.45, 2.75) is 18.9 Å². The molecule has 6 nitrogen and oxygen atoms in total. The van der Waals surface area contributed by atoms with Gasteiger partial charge in [0, 0.05) is 17.2 Å². The van der Waals surface area contributed by atoms with Gasteiger partial charge in [-0.25, -0.2) is 14.2 Å². The van der Waals surface area contributed by atoms with Crippen LogP contribution in [0.1, 0.15) is 45.3 Å². The lowest BCUT2D eigenvalue weighted by atomic mass is 9.83. The molecule has 202 valence electrons. The minimum absolute atomic E-state index is 0.00401. The molecule has 0 fully saturated rings. The van der Waals surface area contributed by atoms with Gasteiger partial charge in [-0.3, -0.25) is 9.36 Å². The smallest absolute Gasteiger partial charge is 0.337 e. The van der Waals surface area contributed by atoms with Crippen LogP contribution in [0, 0.1) is 5.82 Å². The lowest BCUT2D eigenvalue weighted by molar-refractivity contribution is 0.0697. The Bertz CT molecular complexity index is 2090. The van der Waals surface area contributed by atoms with Gasteiger partial charge in [0.1, 0.15) is 17.3 Å². The number of hydrogen-bond acceptors (Lipinski definition) is 5. The summed E-state index contributed by atoms with van der Waals surface area (Å²) in [5.74, 6) is -0.506. The van der Waals surface area contributed by atoms with E-state index in [4.69, 9.17) is 21.0 Å². The molecule has 1 N–H and O–H groups in total. The second-order valence-corrected chi connectivity index (χ2v) is 11.3. The fourth-order valence-corrected chi connectivity index (χ4v) is 6.77. The maximum absolute atomic E-state index is 13.9. The van der Waals surface area contributed by atoms with Crippen molar-refractivity contribution in [3.8, 4) is 11.3 Å². The Hall–Kier alpha value is -4.53. The molecule has 1 aliphatic carbocycles. The summed E-state index contributed by atoms with van der Waals surface area (Å²) in [6.45, 7) is 0. The number of aromatic nitrogens is 1. The maximum atomic E-state index is 13.9. The minimum atomic E-state index is -1.11. The SMILES string of the molecule is O=C(O)c1ccc(-c2ccc(C=c3sc4n(c3=O)C(c3ccc(F)cc3)C3=C(N=4)c4ccccc4CC3)o2)cc1Cl. The second-order valence-electron chi connectivity index (χ2n) is 9.87. The first kappa shape index (κ1) is 25.4. The summed E-state index contributed by atoms with van der Waals surface area (Å²) in [6.07, 6.45) is 3.25. The fourth-order valence-electron chi connectivity index (χ4n) is 5.52. The molecule has 2 aromatic heterocycles. The molecule has 5 aromatic rings. The van der Waals surface area contributed by atoms with Crippen LogP contribution in [0.5, 0.6) is 0 Å². The van der Waals surface area contributed by atoms with Crippen LogP contribution in [-0.2, 0) is 6.42 Å². The molecule has 9 heteroatoms. The van der Waals surface area contributed by atoms with Crippen LogP contribution in [0.2, 0.25) is 5.02 Å². The zero-order valence-corrected chi connectivity index (χ0v) is 22.9. The van der Waals surface area contributed by atoms with Crippen LogP contribution < -0.4 is 14.9 Å². The highest BCUT2D eigenvalue weighted by Crippen LogP contribution is 2.41. The van der Waals surface area contributed by atoms with Crippen LogP contribution >= 0.6 is 22.9 Å². The molecule has 0 spiro atoms. The number of rotatable bonds is 4. The third-order valence-corrected chi connectivity index (χ3v) is 8.74. The molecule has 3 heterocycles. The van der Waals surface area contributed by atoms with Crippen LogP contribution in [0.15, 0.2) is 98.6 Å². The van der Waals surface area contributed by atoms with Crippen LogP contribution in [-0.4, -0.2) is 15.6 Å². The molecule has 1 unspecified atom stereocenters. The molecule has 41 heavy (non-hydrogen) atoms. The first-order chi connectivity index (χ1) is 19.9. The normalized spacial score (nSPS) is 16.1. The Balaban J connectivity index is 1.36. The average molecular weight is 583 g/mol. The quantitative estimate of drug-likeness (QED) is 0.279. The third kappa shape index (κ3) is 4.36. The Kier molecular flexibility index (Phi) is 6.10. The van der Waals surface area contributed by atoms with E-state index in [2.05, 4.69) is 12.1 Å². The predicted molar refractivity (Wildman–Crippen MR) is 155 cm³/mol. The van der Waals surface area contributed by atoms with E-state index in [0.29, 0.717) is 26.4 Å². The van der Waals surface area contributed by atoms with Gasteiger partial charge in [-0.1, -0.05) is 65.4 Å². The number of aromatic carboxylic acids is 1. The Morgan fingerprint density at radius 2 is 1.88 bits per heavy atom. The number of nitrogens with zero attached hydrogens (tertiary/aromatic N) is 2. The Labute approximate surface area is 241 Å². The average Bonchev–Trinajstić information content (AvgIpc) is 3.56. The van der Waals surface area contributed by atoms with Crippen molar-refractivity contribution in [2.75, 3.05) is 0 Å². The fraction of sp³-hybridized carbons (Fsp3) is 0.0938. The molecule has 3 aromatic carbocycles. The van der Waals surface area contributed by atoms with Gasteiger partial charge in [-0.05, 0) is 65.9 Å². The number of aryl methyl sites for hydroxylation is 1. The highest BCUT2D eigenvalue weighted by Gasteiger charge is 2.32. The van der Waals surface area contributed by atoms with Crippen LogP contribution in [0.25, 0.3) is 23.1 Å². The van der Waals surface area contributed by atoms with E-state index in [9.17, 15) is 19.1 Å². The standard InChI is InChI=1S/C32H20ClFN2O4S/c33-25-15-19(8-12-23(25)31(38)39)26-14-11-21(40-26)16-27-30(37)36-29(18-5-9-20(34)10-6-18)24-13-7-17-3-1-2-4-22(17)28(24)35-32(36)41-27/h1-6,8-12,14-16,29H,7,13H2,(H,38,39). The lowest BCUT2D eigenvalue weighted by Gasteiger charge is -2.30. The maximum Gasteiger partial charge on any atom is 0.337 e. The van der Waals surface area contributed by atoms with Crippen molar-refractivity contribution >= 4 is 40.7 Å². The van der Waals surface area contributed by atoms with Gasteiger partial charge in [0.25, 0.3) is 5.56 Å². The van der Waals surface area contributed by atoms with E-state index < -0.39 is 12.0 Å². The highest BCUT2D eigenvalue weighted by atomic mass is 35.5. The molecular formula is C32H20ClFN2O4S. The van der Waals surface area contributed by atoms with Crippen molar-refractivity contribution in [3.05, 3.63) is 143 Å². The van der Waals surface area contributed by atoms with E-state index in [1.54, 1.807) is 41.0 Å². The molecule has 0 amide bonds. The zero-order chi connectivity index (χ0) is 28.2. The largest absolute Gasteiger partial charge is 0.478 e. The summed E-state index contributed by atoms with van der Waals surface area (Å²) >= 11 is 7.41. The van der Waals surface area contributed by atoms with Crippen molar-refractivity contribution < 1.29 is 18.7 Å². The van der Waals surface area contributed by atoms with E-state index in [1.165, 1.54) is 41.2 Å². The topological polar surface area (TPSA) is 84.8 Å². The van der Waals surface area contributed by atoms with E-state index in [1.807, 2.05) is 12.1 Å². The molecule has 1 atom stereocenters. The van der Waals surface area contributed by atoms with Crippen molar-refractivity contribution in [3.63, 3.8) is 0 Å². The summed E-state index contributed by atoms with van der Waals surface area (Å²) < 4.78 is 22.0. The molecule has 7 rings (SSSR count). The van der Waals surface area contributed by atoms with Crippen molar-refractivity contribution in [1.82, 2.24) is 4.57 Å². The second kappa shape index (κ2) is 9.83. The summed E-state index contributed by atoms with van der Waals surface area (Å²) in [5, 5.41) is 9.34. The van der Waals surface area contributed by atoms with E-state index in [0.717, 1.165) is 35.2 Å². The first-order valence-corrected chi connectivity index (χ1v) is 14.1. The molecular weight excluding hydrogens is 563 g/mol. The number of halogens is 2. The molecule has 0 saturated heterocycles. The number of carboxylic acid groups (broad SMARTS) is 1. The number of allylic oxidation sites excluding steroid dienone is 1. The number of furan rings is 1. The highest BCUT2D eigenvalue weighted by molar-refractivity contribution is 7.07. The van der Waals surface area contributed by atoms with Gasteiger partial charge in [0.2, 0.25) is 0 Å². The van der Waals surface area contributed by atoms with Crippen molar-refractivity contribution in [1.29, 1.82) is 0 Å². The van der Waals surface area contributed by atoms with E-state index in [-0.39, 0.29) is 22.0 Å². The Morgan fingerprint density at radius 3 is 2.66 bits per heavy atom. The minimum Gasteiger partial charge on any atom is -0.478 e. The number of thiazole rings is 1. The lowest BCUT2D eigenvalue weighted by Crippen LogP contribution is -2.38. The van der Waals surface area contributed by atoms with Crippen molar-refractivity contribution in [2.24, 2.45) is 4.99 Å². The summed E-state index contributed by atoms with van der Waals surface area (Å²) in [5.41, 5.74) is 5.41. The van der Waals surface area contributed by atoms with Crippen LogP contribution in [0.3, 0.4) is 0 Å². The molecule has 0 bridgehead atoms. The van der Waals surface area contributed by atoms with Crippen LogP contribution in [0.4, 0.5) is 4.39 Å². The summed E-state index contributed by atoms with van der Waals surface area (Å²) in [6, 6.07) is 22.1. The number of fused-ring (bicyclic) bond motifs is 3. The third-order valence-electron chi connectivity index (χ3n) is 7.44. The van der Waals surface area contributed by atoms with E-state index >= 15 is 0 Å². The molecule has 2 aliphatic rings. The van der Waals surface area contributed by atoms with Gasteiger partial charge in [-0.15, -0.1) is 0 Å². The molecule has 1 aliphatic heterocycles. The van der Waals surface area contributed by atoms with Gasteiger partial charge in [-0.2, -0.15) is 0 Å².